The smallest absolute Gasteiger partial charge is 0.326 e. The molecule has 2 heterocycles. The van der Waals surface area contributed by atoms with Crippen molar-refractivity contribution < 1.29 is 14.3 Å². The lowest BCUT2D eigenvalue weighted by atomic mass is 10.2. The van der Waals surface area contributed by atoms with Crippen LogP contribution < -0.4 is 5.73 Å². The number of nitrogens with two attached hydrogens (primary N) is 1. The zero-order chi connectivity index (χ0) is 16.9. The average Bonchev–Trinajstić information content (AvgIpc) is 2.78. The number of aromatic nitrogens is 2. The molecule has 0 bridgehead atoms. The molecule has 1 amide bonds. The monoisotopic (exact) mass is 328 g/mol. The van der Waals surface area contributed by atoms with Gasteiger partial charge in [-0.1, -0.05) is 18.6 Å². The Hall–Kier alpha value is -2.70. The number of para-hydroxylation sites is 1. The van der Waals surface area contributed by atoms with Gasteiger partial charge in [0.15, 0.2) is 12.4 Å². The molecule has 2 aromatic rings. The number of benzene rings is 1. The normalized spacial score (nSPS) is 15.3. The number of hydrogen-bond acceptors (Lipinski definition) is 6. The van der Waals surface area contributed by atoms with Gasteiger partial charge in [0.2, 0.25) is 5.91 Å². The zero-order valence-corrected chi connectivity index (χ0v) is 13.4. The predicted octanol–water partition coefficient (Wildman–Crippen LogP) is 1.66. The minimum Gasteiger partial charge on any atom is -0.456 e. The number of carbonyl (C=O) groups excluding carboxylic acids is 2. The summed E-state index contributed by atoms with van der Waals surface area (Å²) in [4.78, 5) is 33.9. The first-order valence-corrected chi connectivity index (χ1v) is 8.08. The number of hydrogen-bond donors (Lipinski definition) is 1. The molecule has 24 heavy (non-hydrogen) atoms. The molecule has 0 atom stereocenters. The molecule has 0 spiro atoms. The van der Waals surface area contributed by atoms with E-state index in [4.69, 9.17) is 10.5 Å². The fourth-order valence-corrected chi connectivity index (χ4v) is 2.77. The van der Waals surface area contributed by atoms with Crippen LogP contribution in [0.5, 0.6) is 0 Å². The summed E-state index contributed by atoms with van der Waals surface area (Å²) in [6.07, 6.45) is 3.32. The van der Waals surface area contributed by atoms with Crippen molar-refractivity contribution >= 4 is 28.6 Å². The second-order valence-corrected chi connectivity index (χ2v) is 5.83. The van der Waals surface area contributed by atoms with E-state index in [2.05, 4.69) is 9.97 Å². The van der Waals surface area contributed by atoms with Crippen LogP contribution in [-0.2, 0) is 20.9 Å². The van der Waals surface area contributed by atoms with Crippen molar-refractivity contribution in [3.05, 3.63) is 30.1 Å². The van der Waals surface area contributed by atoms with Gasteiger partial charge >= 0.3 is 5.97 Å². The third-order valence-electron chi connectivity index (χ3n) is 4.03. The van der Waals surface area contributed by atoms with Crippen LogP contribution in [0.1, 0.15) is 31.5 Å². The second-order valence-electron chi connectivity index (χ2n) is 5.83. The van der Waals surface area contributed by atoms with Gasteiger partial charge in [-0.25, -0.2) is 9.97 Å². The Kier molecular flexibility index (Phi) is 4.88. The molecule has 1 aliphatic rings. The first-order chi connectivity index (χ1) is 11.6. The summed E-state index contributed by atoms with van der Waals surface area (Å²) < 4.78 is 5.21. The lowest BCUT2D eigenvalue weighted by molar-refractivity contribution is -0.150. The number of anilines is 1. The van der Waals surface area contributed by atoms with Gasteiger partial charge in [-0.15, -0.1) is 0 Å². The molecule has 1 fully saturated rings. The SMILES string of the molecule is Nc1nc(COC(=O)CN2CCCCCC2=O)nc2ccccc12. The van der Waals surface area contributed by atoms with E-state index in [9.17, 15) is 9.59 Å². The molecule has 1 aromatic carbocycles. The quantitative estimate of drug-likeness (QED) is 0.857. The Bertz CT molecular complexity index is 763. The summed E-state index contributed by atoms with van der Waals surface area (Å²) in [7, 11) is 0. The number of carbonyl (C=O) groups is 2. The molecule has 7 heteroatoms. The van der Waals surface area contributed by atoms with Crippen molar-refractivity contribution in [3.8, 4) is 0 Å². The van der Waals surface area contributed by atoms with Crippen molar-refractivity contribution in [2.24, 2.45) is 0 Å². The van der Waals surface area contributed by atoms with E-state index in [1.54, 1.807) is 4.90 Å². The fourth-order valence-electron chi connectivity index (χ4n) is 2.77. The number of likely N-dealkylation sites (tertiary alicyclic amines) is 1. The molecular formula is C17H20N4O3. The Morgan fingerprint density at radius 1 is 1.21 bits per heavy atom. The summed E-state index contributed by atoms with van der Waals surface area (Å²) in [6, 6.07) is 7.38. The Morgan fingerprint density at radius 2 is 2.04 bits per heavy atom. The molecule has 0 radical (unpaired) electrons. The maximum absolute atomic E-state index is 12.0. The van der Waals surface area contributed by atoms with Crippen LogP contribution >= 0.6 is 0 Å². The van der Waals surface area contributed by atoms with Gasteiger partial charge in [-0.2, -0.15) is 0 Å². The lowest BCUT2D eigenvalue weighted by Gasteiger charge is -2.19. The molecule has 0 unspecified atom stereocenters. The number of ether oxygens (including phenoxy) is 1. The Balaban J connectivity index is 1.61. The minimum absolute atomic E-state index is 0.00986. The van der Waals surface area contributed by atoms with Gasteiger partial charge in [0, 0.05) is 18.4 Å². The molecule has 2 N–H and O–H groups in total. The molecule has 1 aromatic heterocycles. The number of fused-ring (bicyclic) bond motifs is 1. The molecule has 1 aliphatic heterocycles. The highest BCUT2D eigenvalue weighted by Crippen LogP contribution is 2.17. The standard InChI is InChI=1S/C17H20N4O3/c18-17-12-6-3-4-7-13(12)19-14(20-17)11-24-16(23)10-21-9-5-1-2-8-15(21)22/h3-4,6-7H,1-2,5,8-11H2,(H2,18,19,20). The van der Waals surface area contributed by atoms with Crippen LogP contribution in [0.15, 0.2) is 24.3 Å². The van der Waals surface area contributed by atoms with E-state index in [0.717, 1.165) is 24.6 Å². The Morgan fingerprint density at radius 3 is 2.92 bits per heavy atom. The van der Waals surface area contributed by atoms with E-state index in [1.165, 1.54) is 0 Å². The number of rotatable bonds is 4. The Labute approximate surface area is 139 Å². The third-order valence-corrected chi connectivity index (χ3v) is 4.03. The van der Waals surface area contributed by atoms with Crippen LogP contribution in [0.25, 0.3) is 10.9 Å². The van der Waals surface area contributed by atoms with Crippen LogP contribution in [-0.4, -0.2) is 39.8 Å². The van der Waals surface area contributed by atoms with Gasteiger partial charge in [0.1, 0.15) is 12.4 Å². The highest BCUT2D eigenvalue weighted by molar-refractivity contribution is 5.87. The van der Waals surface area contributed by atoms with Crippen molar-refractivity contribution in [2.75, 3.05) is 18.8 Å². The van der Waals surface area contributed by atoms with Crippen LogP contribution in [0.2, 0.25) is 0 Å². The summed E-state index contributed by atoms with van der Waals surface area (Å²) in [5.41, 5.74) is 6.61. The summed E-state index contributed by atoms with van der Waals surface area (Å²) in [6.45, 7) is 0.519. The fraction of sp³-hybridized carbons (Fsp3) is 0.412. The summed E-state index contributed by atoms with van der Waals surface area (Å²) >= 11 is 0. The second kappa shape index (κ2) is 7.25. The zero-order valence-electron chi connectivity index (χ0n) is 13.4. The number of amides is 1. The van der Waals surface area contributed by atoms with Crippen molar-refractivity contribution in [1.29, 1.82) is 0 Å². The number of nitrogen functional groups attached to an aromatic ring is 1. The average molecular weight is 328 g/mol. The molecule has 3 rings (SSSR count). The molecule has 126 valence electrons. The predicted molar refractivity (Wildman–Crippen MR) is 88.8 cm³/mol. The van der Waals surface area contributed by atoms with Crippen LogP contribution in [0.3, 0.4) is 0 Å². The molecule has 7 nitrogen and oxygen atoms in total. The molecule has 0 aliphatic carbocycles. The summed E-state index contributed by atoms with van der Waals surface area (Å²) in [5.74, 6) is 0.257. The van der Waals surface area contributed by atoms with E-state index in [-0.39, 0.29) is 19.1 Å². The third kappa shape index (κ3) is 3.79. The number of nitrogens with zero attached hydrogens (tertiary/aromatic N) is 3. The first-order valence-electron chi connectivity index (χ1n) is 8.08. The lowest BCUT2D eigenvalue weighted by Crippen LogP contribution is -2.36. The van der Waals surface area contributed by atoms with E-state index in [0.29, 0.717) is 30.1 Å². The van der Waals surface area contributed by atoms with Gasteiger partial charge in [-0.05, 0) is 25.0 Å². The van der Waals surface area contributed by atoms with E-state index >= 15 is 0 Å². The van der Waals surface area contributed by atoms with Crippen molar-refractivity contribution in [2.45, 2.75) is 32.3 Å². The largest absolute Gasteiger partial charge is 0.456 e. The highest BCUT2D eigenvalue weighted by Gasteiger charge is 2.20. The van der Waals surface area contributed by atoms with Gasteiger partial charge < -0.3 is 15.4 Å². The van der Waals surface area contributed by atoms with Gasteiger partial charge in [0.05, 0.1) is 5.52 Å². The molecule has 1 saturated heterocycles. The number of esters is 1. The topological polar surface area (TPSA) is 98.4 Å². The highest BCUT2D eigenvalue weighted by atomic mass is 16.5. The maximum atomic E-state index is 12.0. The van der Waals surface area contributed by atoms with Crippen LogP contribution in [0, 0.1) is 0 Å². The van der Waals surface area contributed by atoms with E-state index < -0.39 is 5.97 Å². The van der Waals surface area contributed by atoms with Crippen LogP contribution in [0.4, 0.5) is 5.82 Å². The molecule has 0 saturated carbocycles. The van der Waals surface area contributed by atoms with Crippen molar-refractivity contribution in [1.82, 2.24) is 14.9 Å². The maximum Gasteiger partial charge on any atom is 0.326 e. The molecular weight excluding hydrogens is 308 g/mol. The first kappa shape index (κ1) is 16.2. The van der Waals surface area contributed by atoms with E-state index in [1.807, 2.05) is 24.3 Å². The van der Waals surface area contributed by atoms with Gasteiger partial charge in [-0.3, -0.25) is 9.59 Å². The summed E-state index contributed by atoms with van der Waals surface area (Å²) in [5, 5.41) is 0.766. The van der Waals surface area contributed by atoms with Crippen molar-refractivity contribution in [3.63, 3.8) is 0 Å². The van der Waals surface area contributed by atoms with Gasteiger partial charge in [0.25, 0.3) is 0 Å². The minimum atomic E-state index is -0.458.